The van der Waals surface area contributed by atoms with E-state index in [9.17, 15) is 22.0 Å². The van der Waals surface area contributed by atoms with Gasteiger partial charge in [0.05, 0.1) is 24.2 Å². The van der Waals surface area contributed by atoms with Crippen LogP contribution in [0.15, 0.2) is 55.1 Å². The van der Waals surface area contributed by atoms with E-state index in [1.165, 1.54) is 24.4 Å². The Balaban J connectivity index is 1.57. The van der Waals surface area contributed by atoms with Gasteiger partial charge < -0.3 is 5.73 Å². The molecule has 13 heteroatoms. The van der Waals surface area contributed by atoms with Gasteiger partial charge in [0.2, 0.25) is 5.95 Å². The summed E-state index contributed by atoms with van der Waals surface area (Å²) in [5, 5.41) is 7.78. The lowest BCUT2D eigenvalue weighted by Crippen LogP contribution is -2.29. The highest BCUT2D eigenvalue weighted by Crippen LogP contribution is 2.35. The number of hydrogen-bond acceptors (Lipinski definition) is 6. The Kier molecular flexibility index (Phi) is 5.19. The number of benzene rings is 1. The number of alkyl halides is 2. The molecule has 0 bridgehead atoms. The minimum Gasteiger partial charge on any atom is -0.366 e. The normalized spacial score (nSPS) is 12.9. The summed E-state index contributed by atoms with van der Waals surface area (Å²) in [5.41, 5.74) is 5.52. The molecule has 0 fully saturated rings. The van der Waals surface area contributed by atoms with Gasteiger partial charge >= 0.3 is 0 Å². The summed E-state index contributed by atoms with van der Waals surface area (Å²) in [4.78, 5) is 11.9. The maximum atomic E-state index is 14.7. The van der Waals surface area contributed by atoms with Crippen LogP contribution in [0.25, 0.3) is 28.3 Å². The van der Waals surface area contributed by atoms with Gasteiger partial charge in [0, 0.05) is 18.7 Å². The predicted molar refractivity (Wildman–Crippen MR) is 115 cm³/mol. The van der Waals surface area contributed by atoms with Crippen LogP contribution in [-0.2, 0) is 0 Å². The average molecular weight is 486 g/mol. The molecular formula is C22H15F5N8. The minimum absolute atomic E-state index is 0.0516. The largest absolute Gasteiger partial charge is 0.366 e. The lowest BCUT2D eigenvalue weighted by Gasteiger charge is -2.24. The third-order valence-electron chi connectivity index (χ3n) is 5.23. The fraction of sp³-hybridized carbons (Fsp3) is 0.136. The fourth-order valence-corrected chi connectivity index (χ4v) is 3.72. The SMILES string of the molecule is CC(F)(F)[C@@H](c1ccc(F)cc1)n1cc(-c2nc(-c3cc4nc(N)nn4cc3F)ncc2F)cn1. The van der Waals surface area contributed by atoms with E-state index in [4.69, 9.17) is 5.73 Å². The summed E-state index contributed by atoms with van der Waals surface area (Å²) in [7, 11) is 0. The zero-order valence-electron chi connectivity index (χ0n) is 17.9. The van der Waals surface area contributed by atoms with E-state index in [2.05, 4.69) is 25.1 Å². The number of nitrogens with zero attached hydrogens (tertiary/aromatic N) is 7. The quantitative estimate of drug-likeness (QED) is 0.372. The van der Waals surface area contributed by atoms with Crippen LogP contribution in [0.2, 0.25) is 0 Å². The highest BCUT2D eigenvalue weighted by atomic mass is 19.3. The monoisotopic (exact) mass is 486 g/mol. The van der Waals surface area contributed by atoms with Crippen LogP contribution in [0.4, 0.5) is 27.9 Å². The van der Waals surface area contributed by atoms with Crippen LogP contribution < -0.4 is 5.73 Å². The molecule has 1 atom stereocenters. The van der Waals surface area contributed by atoms with Crippen LogP contribution in [0, 0.1) is 17.5 Å². The van der Waals surface area contributed by atoms with Crippen molar-refractivity contribution in [1.82, 2.24) is 34.3 Å². The van der Waals surface area contributed by atoms with Crippen molar-refractivity contribution < 1.29 is 22.0 Å². The van der Waals surface area contributed by atoms with Gasteiger partial charge in [-0.3, -0.25) is 4.68 Å². The van der Waals surface area contributed by atoms with E-state index >= 15 is 0 Å². The van der Waals surface area contributed by atoms with Crippen molar-refractivity contribution in [2.24, 2.45) is 0 Å². The Morgan fingerprint density at radius 3 is 2.43 bits per heavy atom. The van der Waals surface area contributed by atoms with Crippen LogP contribution in [0.1, 0.15) is 18.5 Å². The van der Waals surface area contributed by atoms with Crippen LogP contribution in [-0.4, -0.2) is 40.3 Å². The highest BCUT2D eigenvalue weighted by Gasteiger charge is 2.38. The molecule has 4 aromatic heterocycles. The Labute approximate surface area is 193 Å². The summed E-state index contributed by atoms with van der Waals surface area (Å²) in [6.45, 7) is 0.696. The van der Waals surface area contributed by atoms with E-state index in [0.717, 1.165) is 39.9 Å². The third-order valence-corrected chi connectivity index (χ3v) is 5.23. The number of nitrogen functional groups attached to an aromatic ring is 1. The molecule has 0 aliphatic heterocycles. The number of anilines is 1. The molecule has 8 nitrogen and oxygen atoms in total. The number of fused-ring (bicyclic) bond motifs is 1. The molecule has 0 aliphatic carbocycles. The van der Waals surface area contributed by atoms with Gasteiger partial charge in [0.1, 0.15) is 17.6 Å². The summed E-state index contributed by atoms with van der Waals surface area (Å²) in [6, 6.07) is 4.25. The second-order valence-electron chi connectivity index (χ2n) is 7.82. The molecule has 178 valence electrons. The zero-order chi connectivity index (χ0) is 24.9. The topological polar surface area (TPSA) is 99.8 Å². The molecular weight excluding hydrogens is 471 g/mol. The van der Waals surface area contributed by atoms with E-state index in [-0.39, 0.29) is 39.8 Å². The number of rotatable bonds is 5. The van der Waals surface area contributed by atoms with Gasteiger partial charge in [-0.25, -0.2) is 36.4 Å². The maximum Gasteiger partial charge on any atom is 0.271 e. The van der Waals surface area contributed by atoms with Gasteiger partial charge in [-0.05, 0) is 23.8 Å². The number of aromatic nitrogens is 7. The smallest absolute Gasteiger partial charge is 0.271 e. The molecule has 2 N–H and O–H groups in total. The van der Waals surface area contributed by atoms with Crippen molar-refractivity contribution in [2.75, 3.05) is 5.73 Å². The van der Waals surface area contributed by atoms with E-state index in [0.29, 0.717) is 6.92 Å². The Morgan fingerprint density at radius 2 is 1.71 bits per heavy atom. The van der Waals surface area contributed by atoms with Gasteiger partial charge in [-0.2, -0.15) is 10.1 Å². The molecule has 1 aromatic carbocycles. The summed E-state index contributed by atoms with van der Waals surface area (Å²) >= 11 is 0. The molecule has 0 saturated heterocycles. The molecule has 0 aliphatic rings. The van der Waals surface area contributed by atoms with Crippen LogP contribution in [0.3, 0.4) is 0 Å². The first-order chi connectivity index (χ1) is 16.6. The van der Waals surface area contributed by atoms with Crippen molar-refractivity contribution >= 4 is 11.6 Å². The Bertz CT molecular complexity index is 1540. The van der Waals surface area contributed by atoms with Gasteiger partial charge in [-0.15, -0.1) is 5.10 Å². The average Bonchev–Trinajstić information content (AvgIpc) is 3.40. The molecule has 0 radical (unpaired) electrons. The number of nitrogens with two attached hydrogens (primary N) is 1. The number of pyridine rings is 1. The first-order valence-electron chi connectivity index (χ1n) is 10.1. The molecule has 0 spiro atoms. The van der Waals surface area contributed by atoms with Crippen molar-refractivity contribution in [3.8, 4) is 22.6 Å². The fourth-order valence-electron chi connectivity index (χ4n) is 3.72. The highest BCUT2D eigenvalue weighted by molar-refractivity contribution is 5.66. The standard InChI is InChI=1S/C22H15F5N8/c1-22(26,27)19(11-2-4-13(23)5-3-11)35-9-12(7-30-35)18-15(24)8-29-20(32-18)14-6-17-31-21(28)33-34(17)10-16(14)25/h2-10,19H,1H3,(H2,28,33)/t19-/m1/s1. The summed E-state index contributed by atoms with van der Waals surface area (Å²) in [5.74, 6) is -5.76. The second-order valence-corrected chi connectivity index (χ2v) is 7.82. The van der Waals surface area contributed by atoms with E-state index in [1.54, 1.807) is 0 Å². The molecule has 4 heterocycles. The van der Waals surface area contributed by atoms with Gasteiger partial charge in [-0.1, -0.05) is 12.1 Å². The van der Waals surface area contributed by atoms with E-state index < -0.39 is 29.4 Å². The second kappa shape index (κ2) is 8.11. The maximum absolute atomic E-state index is 14.7. The Hall–Kier alpha value is -4.42. The molecule has 0 amide bonds. The van der Waals surface area contributed by atoms with E-state index in [1.807, 2.05) is 0 Å². The lowest BCUT2D eigenvalue weighted by molar-refractivity contribution is -0.0217. The molecule has 0 saturated carbocycles. The molecule has 5 aromatic rings. The number of hydrogen-bond donors (Lipinski definition) is 1. The van der Waals surface area contributed by atoms with Crippen LogP contribution in [0.5, 0.6) is 0 Å². The van der Waals surface area contributed by atoms with Crippen molar-refractivity contribution in [3.63, 3.8) is 0 Å². The lowest BCUT2D eigenvalue weighted by atomic mass is 10.0. The van der Waals surface area contributed by atoms with Crippen molar-refractivity contribution in [2.45, 2.75) is 18.9 Å². The summed E-state index contributed by atoms with van der Waals surface area (Å²) in [6.07, 6.45) is 4.19. The zero-order valence-corrected chi connectivity index (χ0v) is 17.9. The molecule has 0 unspecified atom stereocenters. The van der Waals surface area contributed by atoms with Crippen molar-refractivity contribution in [1.29, 1.82) is 0 Å². The Morgan fingerprint density at radius 1 is 0.971 bits per heavy atom. The third kappa shape index (κ3) is 4.16. The summed E-state index contributed by atoms with van der Waals surface area (Å²) < 4.78 is 73.7. The van der Waals surface area contributed by atoms with Gasteiger partial charge in [0.25, 0.3) is 5.92 Å². The first-order valence-corrected chi connectivity index (χ1v) is 10.1. The minimum atomic E-state index is -3.30. The number of halogens is 5. The van der Waals surface area contributed by atoms with Gasteiger partial charge in [0.15, 0.2) is 23.1 Å². The van der Waals surface area contributed by atoms with Crippen LogP contribution >= 0.6 is 0 Å². The molecule has 35 heavy (non-hydrogen) atoms. The predicted octanol–water partition coefficient (Wildman–Crippen LogP) is 4.29. The molecule has 5 rings (SSSR count). The first kappa shape index (κ1) is 22.4. The van der Waals surface area contributed by atoms with Crippen molar-refractivity contribution in [3.05, 3.63) is 78.1 Å².